The smallest absolute Gasteiger partial charge is 0.308 e. The van der Waals surface area contributed by atoms with Gasteiger partial charge in [0.25, 0.3) is 5.56 Å². The molecule has 2 N–H and O–H groups in total. The average molecular weight is 263 g/mol. The zero-order valence-electron chi connectivity index (χ0n) is 10.7. The molecule has 0 radical (unpaired) electrons. The molecule has 0 unspecified atom stereocenters. The van der Waals surface area contributed by atoms with Crippen molar-refractivity contribution in [2.45, 2.75) is 32.1 Å². The van der Waals surface area contributed by atoms with Crippen molar-refractivity contribution in [1.82, 2.24) is 9.97 Å². The Bertz CT molecular complexity index is 567. The molecule has 1 saturated heterocycles. The van der Waals surface area contributed by atoms with Gasteiger partial charge in [-0.3, -0.25) is 14.6 Å². The standard InChI is InChI=1S/C13H17N3O3/c17-11-9-4-1-5-10(9)14-13(15-11)16-6-2-3-8(7-16)12(18)19/h8H,1-7H2,(H,18,19)(H,14,15,17)/t8-/m1/s1. The van der Waals surface area contributed by atoms with Gasteiger partial charge in [-0.1, -0.05) is 0 Å². The van der Waals surface area contributed by atoms with Crippen LogP contribution in [-0.4, -0.2) is 34.1 Å². The van der Waals surface area contributed by atoms with Crippen molar-refractivity contribution in [3.63, 3.8) is 0 Å². The first-order valence-electron chi connectivity index (χ1n) is 6.75. The fourth-order valence-corrected chi connectivity index (χ4v) is 2.95. The molecule has 1 fully saturated rings. The summed E-state index contributed by atoms with van der Waals surface area (Å²) in [7, 11) is 0. The zero-order chi connectivity index (χ0) is 13.4. The minimum atomic E-state index is -0.770. The number of carboxylic acid groups (broad SMARTS) is 1. The van der Waals surface area contributed by atoms with Crippen LogP contribution < -0.4 is 10.5 Å². The lowest BCUT2D eigenvalue weighted by molar-refractivity contribution is -0.141. The first-order valence-corrected chi connectivity index (χ1v) is 6.75. The van der Waals surface area contributed by atoms with Gasteiger partial charge in [0.15, 0.2) is 0 Å². The molecule has 0 aromatic carbocycles. The van der Waals surface area contributed by atoms with Crippen molar-refractivity contribution in [1.29, 1.82) is 0 Å². The summed E-state index contributed by atoms with van der Waals surface area (Å²) in [5.41, 5.74) is 1.63. The second-order valence-corrected chi connectivity index (χ2v) is 5.29. The number of aromatic nitrogens is 2. The summed E-state index contributed by atoms with van der Waals surface area (Å²) in [6.07, 6.45) is 4.14. The van der Waals surface area contributed by atoms with E-state index in [-0.39, 0.29) is 11.5 Å². The van der Waals surface area contributed by atoms with Crippen LogP contribution >= 0.6 is 0 Å². The van der Waals surface area contributed by atoms with E-state index in [9.17, 15) is 9.59 Å². The number of nitrogens with zero attached hydrogens (tertiary/aromatic N) is 2. The molecule has 0 saturated carbocycles. The lowest BCUT2D eigenvalue weighted by Gasteiger charge is -2.31. The Morgan fingerprint density at radius 1 is 1.37 bits per heavy atom. The molecule has 0 bridgehead atoms. The molecule has 1 atom stereocenters. The number of rotatable bonds is 2. The van der Waals surface area contributed by atoms with E-state index in [0.717, 1.165) is 43.5 Å². The molecule has 1 aliphatic heterocycles. The fraction of sp³-hybridized carbons (Fsp3) is 0.615. The van der Waals surface area contributed by atoms with E-state index in [2.05, 4.69) is 9.97 Å². The summed E-state index contributed by atoms with van der Waals surface area (Å²) >= 11 is 0. The molecule has 1 aromatic rings. The number of aromatic amines is 1. The minimum absolute atomic E-state index is 0.0602. The number of fused-ring (bicyclic) bond motifs is 1. The van der Waals surface area contributed by atoms with Crippen LogP contribution in [0.1, 0.15) is 30.5 Å². The van der Waals surface area contributed by atoms with Crippen LogP contribution in [0.5, 0.6) is 0 Å². The van der Waals surface area contributed by atoms with E-state index in [1.165, 1.54) is 0 Å². The van der Waals surface area contributed by atoms with Crippen LogP contribution in [0, 0.1) is 5.92 Å². The van der Waals surface area contributed by atoms with Gasteiger partial charge in [-0.05, 0) is 32.1 Å². The first kappa shape index (κ1) is 12.2. The number of anilines is 1. The topological polar surface area (TPSA) is 86.3 Å². The highest BCUT2D eigenvalue weighted by Gasteiger charge is 2.27. The SMILES string of the molecule is O=C(O)[C@@H]1CCCN(c2nc3c(c(=O)[nH]2)CCC3)C1. The van der Waals surface area contributed by atoms with Crippen molar-refractivity contribution in [3.8, 4) is 0 Å². The molecule has 1 aliphatic carbocycles. The molecule has 6 nitrogen and oxygen atoms in total. The van der Waals surface area contributed by atoms with Gasteiger partial charge in [0.1, 0.15) is 0 Å². The normalized spacial score (nSPS) is 22.3. The number of H-pyrrole nitrogens is 1. The number of aryl methyl sites for hydroxylation is 1. The van der Waals surface area contributed by atoms with Gasteiger partial charge >= 0.3 is 5.97 Å². The summed E-state index contributed by atoms with van der Waals surface area (Å²) in [5.74, 6) is -0.600. The number of hydrogen-bond acceptors (Lipinski definition) is 4. The third-order valence-electron chi connectivity index (χ3n) is 4.00. The van der Waals surface area contributed by atoms with Gasteiger partial charge in [-0.2, -0.15) is 0 Å². The van der Waals surface area contributed by atoms with Gasteiger partial charge in [0.05, 0.1) is 11.6 Å². The number of carboxylic acids is 1. The highest BCUT2D eigenvalue weighted by Crippen LogP contribution is 2.22. The van der Waals surface area contributed by atoms with Crippen molar-refractivity contribution >= 4 is 11.9 Å². The van der Waals surface area contributed by atoms with Crippen LogP contribution in [0.3, 0.4) is 0 Å². The van der Waals surface area contributed by atoms with Crippen molar-refractivity contribution in [2.75, 3.05) is 18.0 Å². The molecular formula is C13H17N3O3. The molecule has 2 heterocycles. The molecule has 6 heteroatoms. The second kappa shape index (κ2) is 4.68. The Kier molecular flexibility index (Phi) is 3.00. The van der Waals surface area contributed by atoms with E-state index >= 15 is 0 Å². The van der Waals surface area contributed by atoms with Gasteiger partial charge < -0.3 is 10.0 Å². The molecule has 2 aliphatic rings. The molecule has 3 rings (SSSR count). The van der Waals surface area contributed by atoms with Crippen molar-refractivity contribution < 1.29 is 9.90 Å². The lowest BCUT2D eigenvalue weighted by atomic mass is 9.99. The quantitative estimate of drug-likeness (QED) is 0.814. The maximum Gasteiger partial charge on any atom is 0.308 e. The van der Waals surface area contributed by atoms with E-state index in [1.807, 2.05) is 4.90 Å². The van der Waals surface area contributed by atoms with Gasteiger partial charge in [-0.15, -0.1) is 0 Å². The average Bonchev–Trinajstić information content (AvgIpc) is 2.87. The number of carbonyl (C=O) groups is 1. The zero-order valence-corrected chi connectivity index (χ0v) is 10.7. The van der Waals surface area contributed by atoms with E-state index < -0.39 is 5.97 Å². The largest absolute Gasteiger partial charge is 0.481 e. The Morgan fingerprint density at radius 3 is 3.00 bits per heavy atom. The van der Waals surface area contributed by atoms with Crippen molar-refractivity contribution in [2.24, 2.45) is 5.92 Å². The third kappa shape index (κ3) is 2.22. The highest BCUT2D eigenvalue weighted by molar-refractivity contribution is 5.71. The first-order chi connectivity index (χ1) is 9.15. The Hall–Kier alpha value is -1.85. The van der Waals surface area contributed by atoms with E-state index in [4.69, 9.17) is 5.11 Å². The van der Waals surface area contributed by atoms with Crippen LogP contribution in [-0.2, 0) is 17.6 Å². The summed E-state index contributed by atoms with van der Waals surface area (Å²) in [5, 5.41) is 9.09. The van der Waals surface area contributed by atoms with E-state index in [0.29, 0.717) is 18.9 Å². The maximum atomic E-state index is 12.0. The van der Waals surface area contributed by atoms with Crippen LogP contribution in [0.2, 0.25) is 0 Å². The highest BCUT2D eigenvalue weighted by atomic mass is 16.4. The molecular weight excluding hydrogens is 246 g/mol. The Morgan fingerprint density at radius 2 is 2.21 bits per heavy atom. The summed E-state index contributed by atoms with van der Waals surface area (Å²) < 4.78 is 0. The molecule has 0 spiro atoms. The second-order valence-electron chi connectivity index (χ2n) is 5.29. The molecule has 0 amide bonds. The third-order valence-corrected chi connectivity index (χ3v) is 4.00. The number of piperidine rings is 1. The Balaban J connectivity index is 1.88. The number of aliphatic carboxylic acids is 1. The molecule has 19 heavy (non-hydrogen) atoms. The summed E-state index contributed by atoms with van der Waals surface area (Å²) in [4.78, 5) is 32.2. The Labute approximate surface area is 110 Å². The number of hydrogen-bond donors (Lipinski definition) is 2. The molecule has 1 aromatic heterocycles. The summed E-state index contributed by atoms with van der Waals surface area (Å²) in [6, 6.07) is 0. The molecule has 102 valence electrons. The van der Waals surface area contributed by atoms with Gasteiger partial charge in [0.2, 0.25) is 5.95 Å². The van der Waals surface area contributed by atoms with Gasteiger partial charge in [-0.25, -0.2) is 4.98 Å². The van der Waals surface area contributed by atoms with Crippen LogP contribution in [0.4, 0.5) is 5.95 Å². The van der Waals surface area contributed by atoms with Crippen LogP contribution in [0.15, 0.2) is 4.79 Å². The van der Waals surface area contributed by atoms with E-state index in [1.54, 1.807) is 0 Å². The van der Waals surface area contributed by atoms with Gasteiger partial charge in [0, 0.05) is 18.7 Å². The summed E-state index contributed by atoms with van der Waals surface area (Å²) in [6.45, 7) is 1.18. The lowest BCUT2D eigenvalue weighted by Crippen LogP contribution is -2.40. The predicted octanol–water partition coefficient (Wildman–Crippen LogP) is 0.560. The minimum Gasteiger partial charge on any atom is -0.481 e. The predicted molar refractivity (Wildman–Crippen MR) is 69.5 cm³/mol. The number of nitrogens with one attached hydrogen (secondary N) is 1. The maximum absolute atomic E-state index is 12.0. The fourth-order valence-electron chi connectivity index (χ4n) is 2.95. The van der Waals surface area contributed by atoms with Crippen molar-refractivity contribution in [3.05, 3.63) is 21.6 Å². The van der Waals surface area contributed by atoms with Crippen LogP contribution in [0.25, 0.3) is 0 Å². The monoisotopic (exact) mass is 263 g/mol.